The number of benzene rings is 23. The maximum Gasteiger partial charge on any atom is 0.143 e. The van der Waals surface area contributed by atoms with E-state index in [2.05, 4.69) is 376 Å². The Labute approximate surface area is 832 Å². The SMILES string of the molecule is c1ccc(-c2nc3c(ccc4ccccc43)nc2-c2ccc3cc4c(cc3c2)sc2ccccc24)cc1.c1ccc(-c2nc3c(ccc4ccccc43)nc2-c2ccc3ccc4c5ccccc5oc4c3c2)cc1.c1ccc(-c2nc3ccc4ccccc4c3nc2-c2ccc3ccc4c5ccccc5oc4c3c2)cc1.c1ccc(-c2nc3ccccc3nc2-c2ccc3cc4c(cc3c2)sc2ccccc24)cc1. The minimum atomic E-state index is 0.865. The van der Waals surface area contributed by atoms with Gasteiger partial charge in [-0.05, 0) is 164 Å². The molecule has 10 nitrogen and oxygen atoms in total. The van der Waals surface area contributed by atoms with Gasteiger partial charge in [0.25, 0.3) is 0 Å². The van der Waals surface area contributed by atoms with Crippen LogP contribution in [0.1, 0.15) is 0 Å². The monoisotopic (exact) mass is 1870 g/mol. The zero-order chi connectivity index (χ0) is 94.8. The molecule has 0 fully saturated rings. The summed E-state index contributed by atoms with van der Waals surface area (Å²) in [6, 6.07) is 165. The summed E-state index contributed by atoms with van der Waals surface area (Å²) in [6.45, 7) is 0. The molecule has 0 bridgehead atoms. The van der Waals surface area contributed by atoms with E-state index in [-0.39, 0.29) is 0 Å². The topological polar surface area (TPSA) is 129 Å². The van der Waals surface area contributed by atoms with E-state index in [1.807, 2.05) is 120 Å². The highest BCUT2D eigenvalue weighted by molar-refractivity contribution is 7.26. The van der Waals surface area contributed by atoms with Crippen molar-refractivity contribution in [2.75, 3.05) is 0 Å². The van der Waals surface area contributed by atoms with Crippen molar-refractivity contribution in [3.8, 4) is 90.1 Å². The van der Waals surface area contributed by atoms with Crippen LogP contribution in [-0.4, -0.2) is 39.9 Å². The summed E-state index contributed by atoms with van der Waals surface area (Å²) in [5.41, 5.74) is 26.4. The number of aromatic nitrogens is 8. The number of rotatable bonds is 8. The van der Waals surface area contributed by atoms with Crippen LogP contribution in [0.2, 0.25) is 0 Å². The zero-order valence-electron chi connectivity index (χ0n) is 77.2. The fraction of sp³-hybridized carbons (Fsp3) is 0. The largest absolute Gasteiger partial charge is 0.455 e. The van der Waals surface area contributed by atoms with Crippen LogP contribution in [0.3, 0.4) is 0 Å². The molecule has 144 heavy (non-hydrogen) atoms. The van der Waals surface area contributed by atoms with Crippen LogP contribution in [0.15, 0.2) is 482 Å². The molecule has 0 aliphatic carbocycles. The van der Waals surface area contributed by atoms with E-state index in [0.29, 0.717) is 0 Å². The Morgan fingerprint density at radius 2 is 0.410 bits per heavy atom. The molecule has 670 valence electrons. The van der Waals surface area contributed by atoms with Gasteiger partial charge in [0.2, 0.25) is 0 Å². The minimum absolute atomic E-state index is 0.865. The number of fused-ring (bicyclic) bond motifs is 28. The summed E-state index contributed by atoms with van der Waals surface area (Å²) in [4.78, 5) is 41.4. The van der Waals surface area contributed by atoms with Crippen LogP contribution in [0, 0.1) is 0 Å². The van der Waals surface area contributed by atoms with E-state index in [1.54, 1.807) is 0 Å². The first-order chi connectivity index (χ1) is 71.3. The summed E-state index contributed by atoms with van der Waals surface area (Å²) >= 11 is 3.71. The third-order valence-corrected chi connectivity index (χ3v) is 30.2. The number of hydrogen-bond acceptors (Lipinski definition) is 12. The summed E-state index contributed by atoms with van der Waals surface area (Å²) < 4.78 is 18.0. The molecule has 0 saturated carbocycles. The van der Waals surface area contributed by atoms with Crippen molar-refractivity contribution in [1.82, 2.24) is 39.9 Å². The average molecular weight is 1870 g/mol. The van der Waals surface area contributed by atoms with Crippen molar-refractivity contribution in [3.05, 3.63) is 473 Å². The van der Waals surface area contributed by atoms with Crippen molar-refractivity contribution in [1.29, 1.82) is 0 Å². The van der Waals surface area contributed by atoms with E-state index < -0.39 is 0 Å². The minimum Gasteiger partial charge on any atom is -0.455 e. The Bertz CT molecular complexity index is 10700. The van der Waals surface area contributed by atoms with Gasteiger partial charge in [0.05, 0.1) is 89.7 Å². The predicted molar refractivity (Wildman–Crippen MR) is 605 cm³/mol. The van der Waals surface area contributed by atoms with E-state index in [1.165, 1.54) is 67.3 Å². The Hall–Kier alpha value is -18.7. The first-order valence-electron chi connectivity index (χ1n) is 48.3. The van der Waals surface area contributed by atoms with Crippen LogP contribution in [0.5, 0.6) is 0 Å². The van der Waals surface area contributed by atoms with Crippen molar-refractivity contribution >= 4 is 226 Å². The van der Waals surface area contributed by atoms with Gasteiger partial charge in [0, 0.05) is 133 Å². The quantitative estimate of drug-likeness (QED) is 0.136. The number of hydrogen-bond donors (Lipinski definition) is 0. The highest BCUT2D eigenvalue weighted by atomic mass is 32.1. The second kappa shape index (κ2) is 34.7. The van der Waals surface area contributed by atoms with E-state index in [0.717, 1.165) is 227 Å². The normalized spacial score (nSPS) is 11.8. The predicted octanol–water partition coefficient (Wildman–Crippen LogP) is 36.5. The lowest BCUT2D eigenvalue weighted by Crippen LogP contribution is -1.96. The Morgan fingerprint density at radius 3 is 0.792 bits per heavy atom. The van der Waals surface area contributed by atoms with Gasteiger partial charge in [0.15, 0.2) is 0 Å². The lowest BCUT2D eigenvalue weighted by atomic mass is 9.98. The van der Waals surface area contributed by atoms with Crippen LogP contribution >= 0.6 is 22.7 Å². The summed E-state index contributed by atoms with van der Waals surface area (Å²) in [5, 5.41) is 26.0. The molecule has 23 aromatic carbocycles. The number of furan rings is 2. The molecule has 31 rings (SSSR count). The van der Waals surface area contributed by atoms with Gasteiger partial charge in [0.1, 0.15) is 22.3 Å². The molecular weight excluding hydrogens is 1790 g/mol. The zero-order valence-corrected chi connectivity index (χ0v) is 78.9. The second-order valence-corrected chi connectivity index (χ2v) is 38.7. The van der Waals surface area contributed by atoms with Gasteiger partial charge < -0.3 is 8.83 Å². The molecule has 31 aromatic rings. The Morgan fingerprint density at radius 1 is 0.139 bits per heavy atom. The average Bonchev–Trinajstić information content (AvgIpc) is 1.52. The molecule has 0 saturated heterocycles. The van der Waals surface area contributed by atoms with Crippen LogP contribution in [-0.2, 0) is 0 Å². The molecule has 0 aliphatic rings. The third-order valence-electron chi connectivity index (χ3n) is 27.9. The summed E-state index contributed by atoms with van der Waals surface area (Å²) in [7, 11) is 0. The molecule has 8 aromatic heterocycles. The molecule has 0 radical (unpaired) electrons. The molecule has 8 heterocycles. The van der Waals surface area contributed by atoms with Gasteiger partial charge in [-0.1, -0.05) is 358 Å². The lowest BCUT2D eigenvalue weighted by Gasteiger charge is -2.13. The summed E-state index contributed by atoms with van der Waals surface area (Å²) in [5.74, 6) is 0. The smallest absolute Gasteiger partial charge is 0.143 e. The van der Waals surface area contributed by atoms with Crippen molar-refractivity contribution in [3.63, 3.8) is 0 Å². The molecule has 0 aliphatic heterocycles. The first kappa shape index (κ1) is 83.4. The van der Waals surface area contributed by atoms with Gasteiger partial charge in [-0.15, -0.1) is 22.7 Å². The van der Waals surface area contributed by atoms with E-state index in [4.69, 9.17) is 48.7 Å². The number of thiophene rings is 2. The first-order valence-corrected chi connectivity index (χ1v) is 49.9. The molecular formula is C132H78N8O2S2. The Kier molecular flexibility index (Phi) is 20.1. The fourth-order valence-electron chi connectivity index (χ4n) is 20.9. The number of para-hydroxylation sites is 4. The van der Waals surface area contributed by atoms with Crippen molar-refractivity contribution in [2.24, 2.45) is 0 Å². The summed E-state index contributed by atoms with van der Waals surface area (Å²) in [6.07, 6.45) is 0. The standard InChI is InChI=1S/2C34H20N2O.C34H20N2S.C30H18N2S/c1-2-9-23(10-3-1)31-32(35-29-19-17-21-8-4-5-11-25(21)33(29)36-31)24-15-14-22-16-18-27-26-12-6-7-13-30(26)37-34(27)28(22)20-24;1-2-9-23(10-3-1)31-32(36-33-25-11-5-4-8-21(25)17-19-29(33)35-31)24-15-14-22-16-18-27-26-12-6-7-13-30(26)37-34(27)28(22)20-24;1-2-9-22(10-3-1)32-33(35-29-17-16-21-8-4-5-11-26(21)34(29)36-32)24-15-14-23-19-28-27-12-6-7-13-30(27)37-31(28)20-25(23)18-24;1-2-8-19(9-3-1)29-30(32-26-12-6-5-11-25(26)31-29)21-15-14-20-17-24-23-10-4-7-13-27(23)33-28(24)18-22(20)16-21/h3*1-20H;1-18H. The van der Waals surface area contributed by atoms with Crippen molar-refractivity contribution < 1.29 is 8.83 Å². The lowest BCUT2D eigenvalue weighted by molar-refractivity contribution is 0.672. The molecule has 0 spiro atoms. The van der Waals surface area contributed by atoms with E-state index in [9.17, 15) is 0 Å². The third kappa shape index (κ3) is 14.7. The highest BCUT2D eigenvalue weighted by Crippen LogP contribution is 2.47. The number of nitrogens with zero attached hydrogens (tertiary/aromatic N) is 8. The molecule has 0 unspecified atom stereocenters. The van der Waals surface area contributed by atoms with Crippen LogP contribution < -0.4 is 0 Å². The molecule has 0 N–H and O–H groups in total. The van der Waals surface area contributed by atoms with Crippen LogP contribution in [0.25, 0.3) is 294 Å². The molecule has 12 heteroatoms. The maximum atomic E-state index is 6.36. The van der Waals surface area contributed by atoms with Gasteiger partial charge >= 0.3 is 0 Å². The fourth-order valence-corrected chi connectivity index (χ4v) is 23.2. The molecule has 0 amide bonds. The maximum absolute atomic E-state index is 6.36. The Balaban J connectivity index is 0.0000000935. The second-order valence-electron chi connectivity index (χ2n) is 36.6. The van der Waals surface area contributed by atoms with Gasteiger partial charge in [-0.3, -0.25) is 0 Å². The van der Waals surface area contributed by atoms with Gasteiger partial charge in [-0.25, -0.2) is 39.9 Å². The highest BCUT2D eigenvalue weighted by Gasteiger charge is 2.24. The van der Waals surface area contributed by atoms with Gasteiger partial charge in [-0.2, -0.15) is 0 Å². The van der Waals surface area contributed by atoms with Crippen LogP contribution in [0.4, 0.5) is 0 Å². The van der Waals surface area contributed by atoms with Crippen molar-refractivity contribution in [2.45, 2.75) is 0 Å². The van der Waals surface area contributed by atoms with E-state index >= 15 is 0 Å². The molecule has 0 atom stereocenters.